The maximum atomic E-state index is 10.9. The molecule has 1 aromatic carbocycles. The first-order valence-electron chi connectivity index (χ1n) is 5.93. The Morgan fingerprint density at radius 2 is 2.11 bits per heavy atom. The van der Waals surface area contributed by atoms with Crippen LogP contribution in [0.3, 0.4) is 0 Å². The van der Waals surface area contributed by atoms with Crippen LogP contribution in [0.5, 0.6) is 0 Å². The highest BCUT2D eigenvalue weighted by molar-refractivity contribution is 5.68. The number of carboxylic acid groups (broad SMARTS) is 1. The van der Waals surface area contributed by atoms with Crippen molar-refractivity contribution in [3.05, 3.63) is 34.4 Å². The molecule has 0 spiro atoms. The van der Waals surface area contributed by atoms with Crippen molar-refractivity contribution in [1.82, 2.24) is 0 Å². The molecule has 1 atom stereocenters. The number of hydrogen-bond donors (Lipinski definition) is 2. The van der Waals surface area contributed by atoms with Gasteiger partial charge in [-0.1, -0.05) is 26.8 Å². The van der Waals surface area contributed by atoms with Gasteiger partial charge in [0.1, 0.15) is 0 Å². The Morgan fingerprint density at radius 3 is 2.58 bits per heavy atom. The fraction of sp³-hybridized carbons (Fsp3) is 0.462. The Balaban J connectivity index is 2.93. The van der Waals surface area contributed by atoms with Gasteiger partial charge in [0.2, 0.25) is 0 Å². The lowest BCUT2D eigenvalue weighted by atomic mass is 9.84. The van der Waals surface area contributed by atoms with E-state index in [2.05, 4.69) is 5.32 Å². The van der Waals surface area contributed by atoms with Crippen LogP contribution in [0.4, 0.5) is 11.4 Å². The van der Waals surface area contributed by atoms with Crippen LogP contribution < -0.4 is 5.32 Å². The van der Waals surface area contributed by atoms with Crippen LogP contribution in [0, 0.1) is 15.5 Å². The van der Waals surface area contributed by atoms with Crippen molar-refractivity contribution >= 4 is 17.3 Å². The van der Waals surface area contributed by atoms with Crippen molar-refractivity contribution < 1.29 is 14.8 Å². The third-order valence-corrected chi connectivity index (χ3v) is 2.82. The van der Waals surface area contributed by atoms with Crippen molar-refractivity contribution in [2.45, 2.75) is 33.2 Å². The summed E-state index contributed by atoms with van der Waals surface area (Å²) in [7, 11) is 0. The van der Waals surface area contributed by atoms with Crippen LogP contribution in [-0.4, -0.2) is 22.0 Å². The second-order valence-corrected chi connectivity index (χ2v) is 5.47. The first-order chi connectivity index (χ1) is 8.70. The van der Waals surface area contributed by atoms with E-state index in [-0.39, 0.29) is 23.6 Å². The molecular formula is C13H18N2O4. The molecule has 0 aliphatic rings. The molecule has 104 valence electrons. The minimum absolute atomic E-state index is 0.0204. The fourth-order valence-electron chi connectivity index (χ4n) is 1.66. The third-order valence-electron chi connectivity index (χ3n) is 2.82. The Labute approximate surface area is 111 Å². The number of non-ortho nitro benzene ring substituents is 1. The molecule has 0 radical (unpaired) electrons. The van der Waals surface area contributed by atoms with Crippen LogP contribution in [0.25, 0.3) is 0 Å². The summed E-state index contributed by atoms with van der Waals surface area (Å²) in [4.78, 5) is 21.1. The lowest BCUT2D eigenvalue weighted by Crippen LogP contribution is -2.36. The van der Waals surface area contributed by atoms with Crippen molar-refractivity contribution in [3.63, 3.8) is 0 Å². The van der Waals surface area contributed by atoms with E-state index in [0.29, 0.717) is 5.69 Å². The standard InChI is InChI=1S/C13H18N2O4/c1-13(2,3)11(8-12(16)17)14-9-5-4-6-10(7-9)15(18)19/h4-7,11,14H,8H2,1-3H3,(H,16,17). The van der Waals surface area contributed by atoms with E-state index in [1.54, 1.807) is 12.1 Å². The summed E-state index contributed by atoms with van der Waals surface area (Å²) >= 11 is 0. The van der Waals surface area contributed by atoms with Gasteiger partial charge in [-0.15, -0.1) is 0 Å². The summed E-state index contributed by atoms with van der Waals surface area (Å²) in [6.07, 6.45) is -0.0494. The van der Waals surface area contributed by atoms with Gasteiger partial charge in [0, 0.05) is 23.9 Å². The maximum Gasteiger partial charge on any atom is 0.305 e. The van der Waals surface area contributed by atoms with Gasteiger partial charge < -0.3 is 10.4 Å². The van der Waals surface area contributed by atoms with Crippen LogP contribution in [0.15, 0.2) is 24.3 Å². The summed E-state index contributed by atoms with van der Waals surface area (Å²) in [5.74, 6) is -0.905. The number of nitrogens with zero attached hydrogens (tertiary/aromatic N) is 1. The molecule has 6 heteroatoms. The molecule has 19 heavy (non-hydrogen) atoms. The molecule has 0 bridgehead atoms. The predicted molar refractivity (Wildman–Crippen MR) is 72.2 cm³/mol. The van der Waals surface area contributed by atoms with E-state index in [1.807, 2.05) is 20.8 Å². The van der Waals surface area contributed by atoms with E-state index >= 15 is 0 Å². The average Bonchev–Trinajstić information content (AvgIpc) is 2.26. The Hall–Kier alpha value is -2.11. The molecule has 6 nitrogen and oxygen atoms in total. The average molecular weight is 266 g/mol. The quantitative estimate of drug-likeness (QED) is 0.631. The lowest BCUT2D eigenvalue weighted by Gasteiger charge is -2.31. The van der Waals surface area contributed by atoms with Crippen molar-refractivity contribution in [1.29, 1.82) is 0 Å². The normalized spacial score (nSPS) is 12.8. The molecule has 0 heterocycles. The monoisotopic (exact) mass is 266 g/mol. The second kappa shape index (κ2) is 5.69. The summed E-state index contributed by atoms with van der Waals surface area (Å²) < 4.78 is 0. The molecule has 1 aromatic rings. The highest BCUT2D eigenvalue weighted by atomic mass is 16.6. The first-order valence-corrected chi connectivity index (χ1v) is 5.93. The van der Waals surface area contributed by atoms with Gasteiger partial charge in [0.05, 0.1) is 11.3 Å². The van der Waals surface area contributed by atoms with Crippen LogP contribution in [0.2, 0.25) is 0 Å². The molecule has 1 rings (SSSR count). The maximum absolute atomic E-state index is 10.9. The predicted octanol–water partition coefficient (Wildman–Crippen LogP) is 2.90. The molecule has 0 aliphatic carbocycles. The number of nitrogens with one attached hydrogen (secondary N) is 1. The third kappa shape index (κ3) is 4.57. The number of carbonyl (C=O) groups is 1. The number of rotatable bonds is 5. The Kier molecular flexibility index (Phi) is 4.47. The summed E-state index contributed by atoms with van der Waals surface area (Å²) in [5.41, 5.74) is 0.256. The topological polar surface area (TPSA) is 92.5 Å². The summed E-state index contributed by atoms with van der Waals surface area (Å²) in [5, 5.41) is 22.7. The number of benzene rings is 1. The SMILES string of the molecule is CC(C)(C)C(CC(=O)O)Nc1cccc([N+](=O)[O-])c1. The van der Waals surface area contributed by atoms with Gasteiger partial charge in [-0.2, -0.15) is 0 Å². The largest absolute Gasteiger partial charge is 0.481 e. The molecule has 0 amide bonds. The van der Waals surface area contributed by atoms with E-state index < -0.39 is 10.9 Å². The first kappa shape index (κ1) is 14.9. The molecule has 2 N–H and O–H groups in total. The van der Waals surface area contributed by atoms with Gasteiger partial charge in [-0.25, -0.2) is 0 Å². The van der Waals surface area contributed by atoms with Crippen LogP contribution in [0.1, 0.15) is 27.2 Å². The van der Waals surface area contributed by atoms with Gasteiger partial charge >= 0.3 is 5.97 Å². The summed E-state index contributed by atoms with van der Waals surface area (Å²) in [6, 6.07) is 5.75. The molecule has 0 saturated heterocycles. The zero-order valence-corrected chi connectivity index (χ0v) is 11.2. The molecule has 1 unspecified atom stereocenters. The minimum atomic E-state index is -0.905. The number of nitro groups is 1. The van der Waals surface area contributed by atoms with Crippen molar-refractivity contribution in [2.75, 3.05) is 5.32 Å². The van der Waals surface area contributed by atoms with E-state index in [9.17, 15) is 14.9 Å². The van der Waals surface area contributed by atoms with Crippen LogP contribution >= 0.6 is 0 Å². The van der Waals surface area contributed by atoms with Gasteiger partial charge in [0.25, 0.3) is 5.69 Å². The summed E-state index contributed by atoms with van der Waals surface area (Å²) in [6.45, 7) is 5.76. The lowest BCUT2D eigenvalue weighted by molar-refractivity contribution is -0.384. The van der Waals surface area contributed by atoms with Gasteiger partial charge in [0.15, 0.2) is 0 Å². The highest BCUT2D eigenvalue weighted by Crippen LogP contribution is 2.27. The highest BCUT2D eigenvalue weighted by Gasteiger charge is 2.27. The molecule has 0 saturated carbocycles. The molecule has 0 aromatic heterocycles. The zero-order valence-electron chi connectivity index (χ0n) is 11.2. The Bertz CT molecular complexity index is 480. The molecular weight excluding hydrogens is 248 g/mol. The van der Waals surface area contributed by atoms with E-state index in [4.69, 9.17) is 5.11 Å². The van der Waals surface area contributed by atoms with Gasteiger partial charge in [-0.3, -0.25) is 14.9 Å². The van der Waals surface area contributed by atoms with Crippen LogP contribution in [-0.2, 0) is 4.79 Å². The molecule has 0 fully saturated rings. The minimum Gasteiger partial charge on any atom is -0.481 e. The Morgan fingerprint density at radius 1 is 1.47 bits per heavy atom. The fourth-order valence-corrected chi connectivity index (χ4v) is 1.66. The number of anilines is 1. The van der Waals surface area contributed by atoms with E-state index in [1.165, 1.54) is 12.1 Å². The molecule has 0 aliphatic heterocycles. The smallest absolute Gasteiger partial charge is 0.305 e. The van der Waals surface area contributed by atoms with E-state index in [0.717, 1.165) is 0 Å². The number of aliphatic carboxylic acids is 1. The second-order valence-electron chi connectivity index (χ2n) is 5.47. The van der Waals surface area contributed by atoms with Gasteiger partial charge in [-0.05, 0) is 11.5 Å². The zero-order chi connectivity index (χ0) is 14.6. The van der Waals surface area contributed by atoms with Crippen molar-refractivity contribution in [2.24, 2.45) is 5.41 Å². The number of nitro benzene ring substituents is 1. The number of hydrogen-bond acceptors (Lipinski definition) is 4. The number of carboxylic acids is 1. The van der Waals surface area contributed by atoms with Crippen molar-refractivity contribution in [3.8, 4) is 0 Å².